The van der Waals surface area contributed by atoms with Crippen LogP contribution in [0.25, 0.3) is 0 Å². The summed E-state index contributed by atoms with van der Waals surface area (Å²) in [6.07, 6.45) is -1.19. The summed E-state index contributed by atoms with van der Waals surface area (Å²) in [5, 5.41) is 12.7. The molecule has 0 aliphatic carbocycles. The minimum absolute atomic E-state index is 0.0206. The van der Waals surface area contributed by atoms with Gasteiger partial charge in [-0.15, -0.1) is 0 Å². The van der Waals surface area contributed by atoms with Crippen LogP contribution in [-0.2, 0) is 49.2 Å². The van der Waals surface area contributed by atoms with Gasteiger partial charge in [0, 0.05) is 11.8 Å². The zero-order valence-electron chi connectivity index (χ0n) is 36.3. The van der Waals surface area contributed by atoms with E-state index in [4.69, 9.17) is 9.47 Å². The lowest BCUT2D eigenvalue weighted by Crippen LogP contribution is -2.72. The Hall–Kier alpha value is -7.84. The number of β-lactam (4-membered cyclic amide) rings is 2. The van der Waals surface area contributed by atoms with Crippen molar-refractivity contribution in [3.05, 3.63) is 215 Å². The van der Waals surface area contributed by atoms with Crippen molar-refractivity contribution in [3.8, 4) is 23.7 Å². The van der Waals surface area contributed by atoms with Gasteiger partial charge in [-0.25, -0.2) is 9.59 Å². The van der Waals surface area contributed by atoms with Crippen LogP contribution in [0.3, 0.4) is 0 Å². The highest BCUT2D eigenvalue weighted by molar-refractivity contribution is 5.90. The number of methoxy groups -OCH3 is 2. The van der Waals surface area contributed by atoms with Crippen molar-refractivity contribution in [1.82, 2.24) is 21.3 Å². The number of rotatable bonds is 14. The molecule has 0 unspecified atom stereocenters. The number of hydrogen-bond donors (Lipinski definition) is 4. The molecule has 0 bridgehead atoms. The first-order valence-electron chi connectivity index (χ1n) is 21.2. The van der Waals surface area contributed by atoms with Gasteiger partial charge in [0.15, 0.2) is 12.5 Å². The molecule has 2 aliphatic heterocycles. The second-order valence-electron chi connectivity index (χ2n) is 15.0. The van der Waals surface area contributed by atoms with E-state index < -0.39 is 47.6 Å². The van der Waals surface area contributed by atoms with E-state index in [0.717, 1.165) is 33.4 Å². The fraction of sp³-hybridized carbons (Fsp3) is 0.185. The quantitative estimate of drug-likeness (QED) is 0.0379. The van der Waals surface area contributed by atoms with Crippen molar-refractivity contribution in [1.29, 1.82) is 0 Å². The van der Waals surface area contributed by atoms with E-state index in [2.05, 4.69) is 54.4 Å². The Morgan fingerprint density at radius 1 is 0.455 bits per heavy atom. The first-order valence-corrected chi connectivity index (χ1v) is 21.2. The Bertz CT molecular complexity index is 2300. The summed E-state index contributed by atoms with van der Waals surface area (Å²) in [6.45, 7) is -0.0412. The van der Waals surface area contributed by atoms with Crippen molar-refractivity contribution < 1.29 is 38.1 Å². The molecule has 12 nitrogen and oxygen atoms in total. The van der Waals surface area contributed by atoms with E-state index in [-0.39, 0.29) is 25.0 Å². The Balaban J connectivity index is 0.000000196. The molecule has 6 aromatic carbocycles. The monoisotopic (exact) mass is 880 g/mol. The Morgan fingerprint density at radius 3 is 0.909 bits per heavy atom. The second kappa shape index (κ2) is 22.2. The van der Waals surface area contributed by atoms with Crippen LogP contribution in [0.5, 0.6) is 0 Å². The number of carbonyl (C=O) groups excluding carboxylic acids is 4. The van der Waals surface area contributed by atoms with E-state index in [1.54, 1.807) is 0 Å². The van der Waals surface area contributed by atoms with Crippen molar-refractivity contribution in [2.75, 3.05) is 27.4 Å². The highest BCUT2D eigenvalue weighted by Gasteiger charge is 2.49. The summed E-state index contributed by atoms with van der Waals surface area (Å²) < 4.78 is 20.5. The molecule has 6 aromatic rings. The summed E-state index contributed by atoms with van der Waals surface area (Å²) in [6, 6.07) is 58.8. The van der Waals surface area contributed by atoms with Crippen molar-refractivity contribution >= 4 is 23.8 Å². The van der Waals surface area contributed by atoms with Crippen molar-refractivity contribution in [2.45, 2.75) is 35.6 Å². The van der Waals surface area contributed by atoms with Crippen LogP contribution in [0.15, 0.2) is 182 Å². The fourth-order valence-corrected chi connectivity index (χ4v) is 7.94. The molecule has 0 radical (unpaired) electrons. The SMILES string of the molecule is COC(=O)C#CCO[C@@H]1NC(=O)[C@H]1NC(c1ccccc1)(c1ccccc1)c1ccccc1.COC(=O)C#CCO[C@H]1NC(=O)[C@H]1NC(c1ccccc1)(c1ccccc1)c1ccccc1. The maximum atomic E-state index is 12.6. The lowest BCUT2D eigenvalue weighted by Gasteiger charge is -2.45. The number of hydrogen-bond acceptors (Lipinski definition) is 10. The van der Waals surface area contributed by atoms with Gasteiger partial charge in [0.25, 0.3) is 0 Å². The molecule has 2 fully saturated rings. The minimum atomic E-state index is -0.800. The minimum Gasteiger partial charge on any atom is -0.459 e. The molecule has 66 heavy (non-hydrogen) atoms. The van der Waals surface area contributed by atoms with Gasteiger partial charge >= 0.3 is 11.9 Å². The summed E-state index contributed by atoms with van der Waals surface area (Å²) in [5.41, 5.74) is 4.35. The van der Waals surface area contributed by atoms with E-state index >= 15 is 0 Å². The number of esters is 2. The molecule has 8 rings (SSSR count). The van der Waals surface area contributed by atoms with Crippen LogP contribution >= 0.6 is 0 Å². The Labute approximate surface area is 384 Å². The van der Waals surface area contributed by atoms with Crippen LogP contribution in [0.1, 0.15) is 33.4 Å². The zero-order valence-corrected chi connectivity index (χ0v) is 36.3. The predicted molar refractivity (Wildman–Crippen MR) is 248 cm³/mol. The highest BCUT2D eigenvalue weighted by Crippen LogP contribution is 2.39. The number of amides is 2. The van der Waals surface area contributed by atoms with Gasteiger partial charge < -0.3 is 29.6 Å². The van der Waals surface area contributed by atoms with E-state index in [0.29, 0.717) is 0 Å². The molecule has 332 valence electrons. The molecular weight excluding hydrogens is 833 g/mol. The van der Waals surface area contributed by atoms with Crippen LogP contribution in [0.2, 0.25) is 0 Å². The van der Waals surface area contributed by atoms with Crippen LogP contribution in [-0.4, -0.2) is 75.7 Å². The summed E-state index contributed by atoms with van der Waals surface area (Å²) in [7, 11) is 2.53. The van der Waals surface area contributed by atoms with Gasteiger partial charge in [-0.05, 0) is 33.4 Å². The Morgan fingerprint density at radius 2 is 0.697 bits per heavy atom. The van der Waals surface area contributed by atoms with E-state index in [1.807, 2.05) is 182 Å². The summed E-state index contributed by atoms with van der Waals surface area (Å²) >= 11 is 0. The maximum Gasteiger partial charge on any atom is 0.384 e. The normalized spacial score (nSPS) is 17.2. The third kappa shape index (κ3) is 10.4. The third-order valence-electron chi connectivity index (χ3n) is 11.1. The van der Waals surface area contributed by atoms with Gasteiger partial charge in [0.05, 0.1) is 25.3 Å². The number of benzene rings is 6. The molecule has 2 amide bonds. The average Bonchev–Trinajstić information content (AvgIpc) is 3.38. The molecule has 4 N–H and O–H groups in total. The molecule has 2 heterocycles. The highest BCUT2D eigenvalue weighted by atomic mass is 16.5. The molecule has 4 atom stereocenters. The first kappa shape index (κ1) is 46.2. The van der Waals surface area contributed by atoms with Gasteiger partial charge in [-0.1, -0.05) is 194 Å². The Kier molecular flexibility index (Phi) is 15.5. The maximum absolute atomic E-state index is 12.6. The summed E-state index contributed by atoms with van der Waals surface area (Å²) in [4.78, 5) is 47.6. The lowest BCUT2D eigenvalue weighted by atomic mass is 9.76. The number of carbonyl (C=O) groups is 4. The van der Waals surface area contributed by atoms with Gasteiger partial charge in [0.2, 0.25) is 11.8 Å². The van der Waals surface area contributed by atoms with Gasteiger partial charge in [-0.3, -0.25) is 20.2 Å². The topological polar surface area (TPSA) is 153 Å². The van der Waals surface area contributed by atoms with Crippen molar-refractivity contribution in [2.24, 2.45) is 0 Å². The predicted octanol–water partition coefficient (Wildman–Crippen LogP) is 5.17. The first-order chi connectivity index (χ1) is 32.3. The molecule has 2 aliphatic rings. The van der Waals surface area contributed by atoms with E-state index in [9.17, 15) is 19.2 Å². The molecule has 12 heteroatoms. The largest absolute Gasteiger partial charge is 0.459 e. The number of ether oxygens (including phenoxy) is 4. The molecule has 2 saturated heterocycles. The zero-order chi connectivity index (χ0) is 46.2. The van der Waals surface area contributed by atoms with Crippen LogP contribution in [0.4, 0.5) is 0 Å². The molecule has 0 aromatic heterocycles. The van der Waals surface area contributed by atoms with Gasteiger partial charge in [-0.2, -0.15) is 0 Å². The summed E-state index contributed by atoms with van der Waals surface area (Å²) in [5.74, 6) is 8.22. The third-order valence-corrected chi connectivity index (χ3v) is 11.1. The smallest absolute Gasteiger partial charge is 0.384 e. The molecule has 0 spiro atoms. The lowest BCUT2D eigenvalue weighted by molar-refractivity contribution is -0.147. The van der Waals surface area contributed by atoms with Crippen LogP contribution in [0, 0.1) is 23.7 Å². The average molecular weight is 881 g/mol. The fourth-order valence-electron chi connectivity index (χ4n) is 7.94. The van der Waals surface area contributed by atoms with Gasteiger partial charge in [0.1, 0.15) is 25.3 Å². The van der Waals surface area contributed by atoms with E-state index in [1.165, 1.54) is 14.2 Å². The number of nitrogens with one attached hydrogen (secondary N) is 4. The second-order valence-corrected chi connectivity index (χ2v) is 15.0. The van der Waals surface area contributed by atoms with Crippen molar-refractivity contribution in [3.63, 3.8) is 0 Å². The van der Waals surface area contributed by atoms with Crippen LogP contribution < -0.4 is 21.3 Å². The standard InChI is InChI=1S/2C27H24N2O4/c2*1-32-23(30)18-11-19-33-26-24(25(31)28-26)29-27(20-12-5-2-6-13-20,21-14-7-3-8-15-21)22-16-9-4-10-17-22/h2*2-10,12-17,24,26,29H,19H2,1H3,(H,28,31)/t24-,26+;24-,26-/m11/s1. The molecule has 0 saturated carbocycles. The molecular formula is C54H48N4O8.